The molecular formula is C11H11ClFN3O. The van der Waals surface area contributed by atoms with Gasteiger partial charge in [0.1, 0.15) is 12.4 Å². The third kappa shape index (κ3) is 2.34. The average Bonchev–Trinajstić information content (AvgIpc) is 2.28. The minimum Gasteiger partial charge on any atom is -0.428 e. The Bertz CT molecular complexity index is 503. The van der Waals surface area contributed by atoms with Crippen LogP contribution in [0.1, 0.15) is 5.56 Å². The van der Waals surface area contributed by atoms with E-state index in [1.165, 1.54) is 6.08 Å². The van der Waals surface area contributed by atoms with Crippen LogP contribution in [0.25, 0.3) is 0 Å². The van der Waals surface area contributed by atoms with Gasteiger partial charge < -0.3 is 16.2 Å². The van der Waals surface area contributed by atoms with Crippen molar-refractivity contribution in [3.05, 3.63) is 41.7 Å². The van der Waals surface area contributed by atoms with Crippen LogP contribution in [-0.4, -0.2) is 12.7 Å². The number of rotatable bonds is 2. The fourth-order valence-corrected chi connectivity index (χ4v) is 1.89. The van der Waals surface area contributed by atoms with E-state index < -0.39 is 11.7 Å². The fourth-order valence-electron chi connectivity index (χ4n) is 1.56. The molecule has 1 aliphatic rings. The largest absolute Gasteiger partial charge is 0.428 e. The molecule has 0 aromatic heterocycles. The van der Waals surface area contributed by atoms with Crippen molar-refractivity contribution in [1.82, 2.24) is 0 Å². The number of hydrogen-bond donors (Lipinski definition) is 2. The van der Waals surface area contributed by atoms with E-state index in [1.54, 1.807) is 24.3 Å². The number of ether oxygens (including phenoxy) is 1. The van der Waals surface area contributed by atoms with Crippen molar-refractivity contribution in [2.45, 2.75) is 5.00 Å². The normalized spacial score (nSPS) is 23.6. The van der Waals surface area contributed by atoms with E-state index in [9.17, 15) is 4.39 Å². The summed E-state index contributed by atoms with van der Waals surface area (Å²) in [4.78, 5) is 2.70. The Kier molecular flexibility index (Phi) is 2.93. The maximum absolute atomic E-state index is 12.6. The quantitative estimate of drug-likeness (QED) is 0.481. The molecule has 1 aromatic carbocycles. The lowest BCUT2D eigenvalue weighted by Gasteiger charge is -2.25. The lowest BCUT2D eigenvalue weighted by molar-refractivity contribution is 0.327. The molecule has 0 unspecified atom stereocenters. The van der Waals surface area contributed by atoms with Gasteiger partial charge >= 0.3 is 0 Å². The van der Waals surface area contributed by atoms with Gasteiger partial charge in [0.2, 0.25) is 0 Å². The summed E-state index contributed by atoms with van der Waals surface area (Å²) in [6, 6.07) is 6.67. The summed E-state index contributed by atoms with van der Waals surface area (Å²) in [6.07, 6.45) is 1.37. The predicted molar refractivity (Wildman–Crippen MR) is 65.2 cm³/mol. The molecule has 1 aliphatic heterocycles. The van der Waals surface area contributed by atoms with E-state index in [0.29, 0.717) is 11.3 Å². The first kappa shape index (κ1) is 11.7. The van der Waals surface area contributed by atoms with Gasteiger partial charge in [-0.15, -0.1) is 0 Å². The summed E-state index contributed by atoms with van der Waals surface area (Å²) in [5, 5.41) is 0. The van der Waals surface area contributed by atoms with Crippen molar-refractivity contribution in [2.75, 3.05) is 12.4 Å². The molecule has 0 saturated heterocycles. The van der Waals surface area contributed by atoms with Gasteiger partial charge in [0.15, 0.2) is 5.00 Å². The van der Waals surface area contributed by atoms with Crippen molar-refractivity contribution in [3.63, 3.8) is 0 Å². The van der Waals surface area contributed by atoms with Crippen molar-refractivity contribution in [3.8, 4) is 0 Å². The van der Waals surface area contributed by atoms with Crippen molar-refractivity contribution >= 4 is 23.3 Å². The van der Waals surface area contributed by atoms with Gasteiger partial charge in [-0.25, -0.2) is 9.38 Å². The molecule has 6 heteroatoms. The zero-order valence-electron chi connectivity index (χ0n) is 8.86. The summed E-state index contributed by atoms with van der Waals surface area (Å²) in [5.41, 5.74) is 12.3. The lowest BCUT2D eigenvalue weighted by atomic mass is 10.0. The molecule has 1 heterocycles. The van der Waals surface area contributed by atoms with Crippen molar-refractivity contribution < 1.29 is 9.13 Å². The van der Waals surface area contributed by atoms with E-state index in [4.69, 9.17) is 27.8 Å². The van der Waals surface area contributed by atoms with E-state index in [0.717, 1.165) is 0 Å². The Labute approximate surface area is 103 Å². The van der Waals surface area contributed by atoms with Gasteiger partial charge in [0.05, 0.1) is 0 Å². The second-order valence-electron chi connectivity index (χ2n) is 3.60. The summed E-state index contributed by atoms with van der Waals surface area (Å²) in [7, 11) is 0. The topological polar surface area (TPSA) is 73.6 Å². The smallest absolute Gasteiger partial charge is 0.289 e. The van der Waals surface area contributed by atoms with Crippen LogP contribution >= 0.6 is 11.6 Å². The van der Waals surface area contributed by atoms with Gasteiger partial charge in [-0.2, -0.15) is 0 Å². The first-order chi connectivity index (χ1) is 8.03. The minimum absolute atomic E-state index is 0.0370. The summed E-state index contributed by atoms with van der Waals surface area (Å²) in [5.74, 6) is 0.0370. The third-order valence-corrected chi connectivity index (χ3v) is 2.70. The average molecular weight is 256 g/mol. The fraction of sp³-hybridized carbons (Fsp3) is 0.182. The maximum Gasteiger partial charge on any atom is 0.289 e. The van der Waals surface area contributed by atoms with Crippen LogP contribution in [0.5, 0.6) is 0 Å². The molecule has 0 bridgehead atoms. The second kappa shape index (κ2) is 4.25. The summed E-state index contributed by atoms with van der Waals surface area (Å²) >= 11 is 6.29. The van der Waals surface area contributed by atoms with Gasteiger partial charge in [0, 0.05) is 17.3 Å². The lowest BCUT2D eigenvalue weighted by Crippen LogP contribution is -2.28. The van der Waals surface area contributed by atoms with Crippen molar-refractivity contribution in [2.24, 2.45) is 10.7 Å². The molecule has 1 aromatic rings. The number of benzene rings is 1. The van der Waals surface area contributed by atoms with Crippen LogP contribution in [0.2, 0.25) is 0 Å². The van der Waals surface area contributed by atoms with E-state index in [-0.39, 0.29) is 11.8 Å². The first-order valence-corrected chi connectivity index (χ1v) is 5.27. The monoisotopic (exact) mass is 255 g/mol. The molecular weight excluding hydrogens is 245 g/mol. The Morgan fingerprint density at radius 2 is 2.18 bits per heavy atom. The van der Waals surface area contributed by atoms with E-state index >= 15 is 0 Å². The zero-order chi connectivity index (χ0) is 12.5. The highest BCUT2D eigenvalue weighted by atomic mass is 35.5. The van der Waals surface area contributed by atoms with Gasteiger partial charge in [-0.05, 0) is 12.1 Å². The molecule has 4 nitrogen and oxygen atoms in total. The van der Waals surface area contributed by atoms with E-state index in [2.05, 4.69) is 4.99 Å². The number of amidine groups is 1. The number of nitrogens with two attached hydrogens (primary N) is 2. The molecule has 4 N–H and O–H groups in total. The van der Waals surface area contributed by atoms with Crippen LogP contribution in [0, 0.1) is 0 Å². The van der Waals surface area contributed by atoms with Crippen LogP contribution in [-0.2, 0) is 9.73 Å². The number of aliphatic imine (C=N–C) groups is 1. The highest BCUT2D eigenvalue weighted by molar-refractivity contribution is 6.26. The Balaban J connectivity index is 2.47. The molecule has 0 saturated carbocycles. The summed E-state index contributed by atoms with van der Waals surface area (Å²) in [6.45, 7) is -0.799. The molecule has 2 rings (SSSR count). The zero-order valence-corrected chi connectivity index (χ0v) is 9.62. The van der Waals surface area contributed by atoms with Gasteiger partial charge in [0.25, 0.3) is 6.02 Å². The highest BCUT2D eigenvalue weighted by Crippen LogP contribution is 2.36. The van der Waals surface area contributed by atoms with Gasteiger partial charge in [-0.1, -0.05) is 23.7 Å². The SMILES string of the molecule is NC1=N[C@](Cl)(c2cccc(N)c2)C=C(CF)O1. The molecule has 90 valence electrons. The van der Waals surface area contributed by atoms with Crippen molar-refractivity contribution in [1.29, 1.82) is 0 Å². The number of nitrogens with zero attached hydrogens (tertiary/aromatic N) is 1. The Morgan fingerprint density at radius 1 is 1.41 bits per heavy atom. The number of nitrogen functional groups attached to an aromatic ring is 1. The molecule has 0 spiro atoms. The number of alkyl halides is 2. The van der Waals surface area contributed by atoms with Crippen LogP contribution in [0.15, 0.2) is 41.1 Å². The minimum atomic E-state index is -1.26. The third-order valence-electron chi connectivity index (χ3n) is 2.28. The number of anilines is 1. The Hall–Kier alpha value is -1.75. The molecule has 17 heavy (non-hydrogen) atoms. The molecule has 0 amide bonds. The van der Waals surface area contributed by atoms with Crippen LogP contribution in [0.4, 0.5) is 10.1 Å². The van der Waals surface area contributed by atoms with E-state index in [1.807, 2.05) is 0 Å². The number of hydrogen-bond acceptors (Lipinski definition) is 4. The molecule has 1 atom stereocenters. The number of halogens is 2. The highest BCUT2D eigenvalue weighted by Gasteiger charge is 2.32. The molecule has 0 aliphatic carbocycles. The van der Waals surface area contributed by atoms with Crippen LogP contribution in [0.3, 0.4) is 0 Å². The van der Waals surface area contributed by atoms with Crippen LogP contribution < -0.4 is 11.5 Å². The second-order valence-corrected chi connectivity index (χ2v) is 4.17. The number of allylic oxidation sites excluding steroid dienone is 1. The predicted octanol–water partition coefficient (Wildman–Crippen LogP) is 1.86. The molecule has 0 fully saturated rings. The maximum atomic E-state index is 12.6. The van der Waals surface area contributed by atoms with Gasteiger partial charge in [-0.3, -0.25) is 0 Å². The Morgan fingerprint density at radius 3 is 2.82 bits per heavy atom. The molecule has 0 radical (unpaired) electrons. The first-order valence-electron chi connectivity index (χ1n) is 4.89. The standard InChI is InChI=1S/C11H11ClFN3O/c12-11(7-2-1-3-8(14)4-7)5-9(6-13)17-10(15)16-11/h1-5H,6,14H2,(H2,15,16)/t11-/m0/s1. The summed E-state index contributed by atoms with van der Waals surface area (Å²) < 4.78 is 17.5.